The SMILES string of the molecule is CSc1c[nH]nc1C(=N)N. The molecule has 0 aliphatic heterocycles. The molecule has 0 aliphatic carbocycles. The lowest BCUT2D eigenvalue weighted by molar-refractivity contribution is 1.07. The summed E-state index contributed by atoms with van der Waals surface area (Å²) in [5, 5.41) is 13.5. The summed E-state index contributed by atoms with van der Waals surface area (Å²) in [5.74, 6) is 0.00519. The molecule has 0 atom stereocenters. The number of hydrogen-bond donors (Lipinski definition) is 3. The molecule has 5 heteroatoms. The number of thioether (sulfide) groups is 1. The standard InChI is InChI=1S/C5H8N4S/c1-10-3-2-8-9-4(3)5(6)7/h2H,1H3,(H3,6,7)(H,8,9). The van der Waals surface area contributed by atoms with E-state index in [2.05, 4.69) is 10.2 Å². The van der Waals surface area contributed by atoms with Crippen molar-refractivity contribution in [3.8, 4) is 0 Å². The van der Waals surface area contributed by atoms with Crippen molar-refractivity contribution in [1.29, 1.82) is 5.41 Å². The van der Waals surface area contributed by atoms with Gasteiger partial charge in [0, 0.05) is 6.20 Å². The number of nitrogens with zero attached hydrogens (tertiary/aromatic N) is 1. The largest absolute Gasteiger partial charge is 0.382 e. The minimum atomic E-state index is 0.00519. The number of nitrogen functional groups attached to an aromatic ring is 1. The van der Waals surface area contributed by atoms with Gasteiger partial charge in [0.2, 0.25) is 0 Å². The summed E-state index contributed by atoms with van der Waals surface area (Å²) in [6, 6.07) is 0. The highest BCUT2D eigenvalue weighted by Gasteiger charge is 2.05. The summed E-state index contributed by atoms with van der Waals surface area (Å²) in [5.41, 5.74) is 5.76. The number of nitrogens with one attached hydrogen (secondary N) is 2. The van der Waals surface area contributed by atoms with Gasteiger partial charge in [-0.3, -0.25) is 10.5 Å². The van der Waals surface area contributed by atoms with Gasteiger partial charge in [-0.25, -0.2) is 0 Å². The first-order valence-electron chi connectivity index (χ1n) is 2.68. The molecule has 0 radical (unpaired) electrons. The minimum absolute atomic E-state index is 0.00519. The van der Waals surface area contributed by atoms with Gasteiger partial charge in [0.25, 0.3) is 0 Å². The first-order valence-corrected chi connectivity index (χ1v) is 3.90. The number of H-pyrrole nitrogens is 1. The summed E-state index contributed by atoms with van der Waals surface area (Å²) in [4.78, 5) is 0.910. The van der Waals surface area contributed by atoms with Gasteiger partial charge in [-0.1, -0.05) is 0 Å². The maximum absolute atomic E-state index is 7.08. The average molecular weight is 156 g/mol. The molecular formula is C5H8N4S. The molecule has 1 aromatic rings. The summed E-state index contributed by atoms with van der Waals surface area (Å²) >= 11 is 1.52. The summed E-state index contributed by atoms with van der Waals surface area (Å²) in [6.07, 6.45) is 3.64. The zero-order valence-electron chi connectivity index (χ0n) is 5.51. The molecule has 1 heterocycles. The Morgan fingerprint density at radius 3 is 3.00 bits per heavy atom. The minimum Gasteiger partial charge on any atom is -0.382 e. The molecule has 0 unspecified atom stereocenters. The third-order valence-corrected chi connectivity index (χ3v) is 1.83. The molecule has 0 saturated heterocycles. The van der Waals surface area contributed by atoms with Gasteiger partial charge < -0.3 is 5.73 Å². The number of amidine groups is 1. The van der Waals surface area contributed by atoms with Crippen molar-refractivity contribution in [2.24, 2.45) is 5.73 Å². The molecule has 0 amide bonds. The average Bonchev–Trinajstić information content (AvgIpc) is 2.33. The van der Waals surface area contributed by atoms with E-state index in [0.29, 0.717) is 5.69 Å². The Hall–Kier alpha value is -0.970. The maximum Gasteiger partial charge on any atom is 0.144 e. The van der Waals surface area contributed by atoms with Gasteiger partial charge in [-0.15, -0.1) is 11.8 Å². The van der Waals surface area contributed by atoms with Crippen molar-refractivity contribution < 1.29 is 0 Å². The highest BCUT2D eigenvalue weighted by atomic mass is 32.2. The number of hydrogen-bond acceptors (Lipinski definition) is 3. The Kier molecular flexibility index (Phi) is 1.96. The van der Waals surface area contributed by atoms with E-state index in [4.69, 9.17) is 11.1 Å². The fraction of sp³-hybridized carbons (Fsp3) is 0.200. The number of aromatic amines is 1. The quantitative estimate of drug-likeness (QED) is 0.330. The van der Waals surface area contributed by atoms with E-state index in [1.165, 1.54) is 11.8 Å². The Morgan fingerprint density at radius 1 is 1.90 bits per heavy atom. The van der Waals surface area contributed by atoms with Crippen LogP contribution in [0.5, 0.6) is 0 Å². The Balaban J connectivity index is 3.01. The van der Waals surface area contributed by atoms with Crippen LogP contribution in [0.1, 0.15) is 5.69 Å². The first kappa shape index (κ1) is 7.14. The van der Waals surface area contributed by atoms with Crippen molar-refractivity contribution in [3.05, 3.63) is 11.9 Å². The van der Waals surface area contributed by atoms with E-state index in [1.807, 2.05) is 6.26 Å². The van der Waals surface area contributed by atoms with Gasteiger partial charge in [-0.2, -0.15) is 5.10 Å². The van der Waals surface area contributed by atoms with E-state index in [1.54, 1.807) is 6.20 Å². The smallest absolute Gasteiger partial charge is 0.144 e. The predicted octanol–water partition coefficient (Wildman–Crippen LogP) is 0.416. The van der Waals surface area contributed by atoms with Crippen LogP contribution in [0.2, 0.25) is 0 Å². The lowest BCUT2D eigenvalue weighted by Gasteiger charge is -1.92. The van der Waals surface area contributed by atoms with E-state index < -0.39 is 0 Å². The van der Waals surface area contributed by atoms with Gasteiger partial charge in [0.05, 0.1) is 4.90 Å². The zero-order valence-corrected chi connectivity index (χ0v) is 6.33. The first-order chi connectivity index (χ1) is 4.75. The second-order valence-electron chi connectivity index (χ2n) is 1.72. The zero-order chi connectivity index (χ0) is 7.56. The molecule has 0 aromatic carbocycles. The topological polar surface area (TPSA) is 78.5 Å². The van der Waals surface area contributed by atoms with Crippen LogP contribution in [0.3, 0.4) is 0 Å². The van der Waals surface area contributed by atoms with Crippen molar-refractivity contribution >= 4 is 17.6 Å². The lowest BCUT2D eigenvalue weighted by atomic mass is 10.4. The summed E-state index contributed by atoms with van der Waals surface area (Å²) < 4.78 is 0. The van der Waals surface area contributed by atoms with E-state index >= 15 is 0 Å². The number of nitrogens with two attached hydrogens (primary N) is 1. The number of aromatic nitrogens is 2. The normalized spacial score (nSPS) is 9.70. The van der Waals surface area contributed by atoms with E-state index in [0.717, 1.165) is 4.90 Å². The van der Waals surface area contributed by atoms with Crippen LogP contribution in [0, 0.1) is 5.41 Å². The van der Waals surface area contributed by atoms with E-state index in [9.17, 15) is 0 Å². The molecule has 10 heavy (non-hydrogen) atoms. The third kappa shape index (κ3) is 1.13. The Bertz CT molecular complexity index is 242. The molecule has 1 aromatic heterocycles. The van der Waals surface area contributed by atoms with Crippen LogP contribution in [-0.2, 0) is 0 Å². The van der Waals surface area contributed by atoms with Gasteiger partial charge in [0.1, 0.15) is 11.5 Å². The van der Waals surface area contributed by atoms with Crippen LogP contribution >= 0.6 is 11.8 Å². The van der Waals surface area contributed by atoms with Crippen LogP contribution < -0.4 is 5.73 Å². The number of rotatable bonds is 2. The molecule has 4 nitrogen and oxygen atoms in total. The molecule has 1 rings (SSSR count). The second kappa shape index (κ2) is 2.74. The highest BCUT2D eigenvalue weighted by Crippen LogP contribution is 2.15. The van der Waals surface area contributed by atoms with Crippen LogP contribution in [0.25, 0.3) is 0 Å². The van der Waals surface area contributed by atoms with Crippen LogP contribution in [0.4, 0.5) is 0 Å². The van der Waals surface area contributed by atoms with Gasteiger partial charge in [0.15, 0.2) is 0 Å². The monoisotopic (exact) mass is 156 g/mol. The molecule has 0 spiro atoms. The molecule has 0 aliphatic rings. The van der Waals surface area contributed by atoms with Crippen molar-refractivity contribution in [2.75, 3.05) is 6.26 Å². The summed E-state index contributed by atoms with van der Waals surface area (Å²) in [6.45, 7) is 0. The molecule has 54 valence electrons. The second-order valence-corrected chi connectivity index (χ2v) is 2.56. The Labute approximate surface area is 62.7 Å². The molecule has 0 fully saturated rings. The van der Waals surface area contributed by atoms with Crippen molar-refractivity contribution in [3.63, 3.8) is 0 Å². The fourth-order valence-electron chi connectivity index (χ4n) is 0.627. The van der Waals surface area contributed by atoms with Crippen molar-refractivity contribution in [2.45, 2.75) is 4.90 Å². The van der Waals surface area contributed by atoms with Gasteiger partial charge >= 0.3 is 0 Å². The maximum atomic E-state index is 7.08. The molecule has 0 saturated carbocycles. The fourth-order valence-corrected chi connectivity index (χ4v) is 1.15. The third-order valence-electron chi connectivity index (χ3n) is 1.08. The lowest BCUT2D eigenvalue weighted by Crippen LogP contribution is -2.12. The van der Waals surface area contributed by atoms with Crippen molar-refractivity contribution in [1.82, 2.24) is 10.2 Å². The molecule has 0 bridgehead atoms. The summed E-state index contributed by atoms with van der Waals surface area (Å²) in [7, 11) is 0. The van der Waals surface area contributed by atoms with Crippen LogP contribution in [-0.4, -0.2) is 22.3 Å². The van der Waals surface area contributed by atoms with E-state index in [-0.39, 0.29) is 5.84 Å². The Morgan fingerprint density at radius 2 is 2.60 bits per heavy atom. The van der Waals surface area contributed by atoms with Crippen LogP contribution in [0.15, 0.2) is 11.1 Å². The molecule has 4 N–H and O–H groups in total. The van der Waals surface area contributed by atoms with Gasteiger partial charge in [-0.05, 0) is 6.26 Å². The predicted molar refractivity (Wildman–Crippen MR) is 41.4 cm³/mol. The highest BCUT2D eigenvalue weighted by molar-refractivity contribution is 7.98. The molecular weight excluding hydrogens is 148 g/mol.